The minimum Gasteiger partial charge on any atom is -0.369 e. The Labute approximate surface area is 174 Å². The summed E-state index contributed by atoms with van der Waals surface area (Å²) in [5.74, 6) is 0.188. The molecule has 2 aromatic rings. The lowest BCUT2D eigenvalue weighted by atomic mass is 9.75. The van der Waals surface area contributed by atoms with Crippen LogP contribution >= 0.6 is 0 Å². The van der Waals surface area contributed by atoms with Gasteiger partial charge >= 0.3 is 0 Å². The molecule has 0 aliphatic carbocycles. The van der Waals surface area contributed by atoms with Crippen molar-refractivity contribution in [3.63, 3.8) is 0 Å². The molecule has 4 heteroatoms. The molecule has 4 nitrogen and oxygen atoms in total. The second kappa shape index (κ2) is 8.58. The molecule has 2 aliphatic heterocycles. The lowest BCUT2D eigenvalue weighted by molar-refractivity contribution is -0.121. The molecule has 1 N–H and O–H groups in total. The van der Waals surface area contributed by atoms with Crippen LogP contribution in [-0.2, 0) is 10.2 Å². The first-order valence-electron chi connectivity index (χ1n) is 11.1. The summed E-state index contributed by atoms with van der Waals surface area (Å²) in [6.07, 6.45) is 4.05. The highest BCUT2D eigenvalue weighted by molar-refractivity contribution is 6.06. The third-order valence-electron chi connectivity index (χ3n) is 6.83. The summed E-state index contributed by atoms with van der Waals surface area (Å²) in [6, 6.07) is 17.1. The fraction of sp³-hybridized carbons (Fsp3) is 0.480. The van der Waals surface area contributed by atoms with Crippen LogP contribution in [0.3, 0.4) is 0 Å². The Morgan fingerprint density at radius 2 is 1.69 bits per heavy atom. The van der Waals surface area contributed by atoms with Crippen molar-refractivity contribution in [1.82, 2.24) is 4.90 Å². The van der Waals surface area contributed by atoms with Gasteiger partial charge in [0.2, 0.25) is 5.91 Å². The Kier molecular flexibility index (Phi) is 5.91. The molecule has 0 aromatic heterocycles. The van der Waals surface area contributed by atoms with Gasteiger partial charge in [-0.15, -0.1) is 0 Å². The summed E-state index contributed by atoms with van der Waals surface area (Å²) in [5.41, 5.74) is 4.52. The highest BCUT2D eigenvalue weighted by Crippen LogP contribution is 2.43. The fourth-order valence-electron chi connectivity index (χ4n) is 4.90. The minimum atomic E-state index is -0.333. The van der Waals surface area contributed by atoms with E-state index in [4.69, 9.17) is 0 Å². The minimum absolute atomic E-state index is 0.188. The number of unbranched alkanes of at least 4 members (excludes halogenated alkanes) is 1. The molecule has 0 bridgehead atoms. The van der Waals surface area contributed by atoms with E-state index in [9.17, 15) is 4.79 Å². The molecule has 1 fully saturated rings. The maximum Gasteiger partial charge on any atom is 0.235 e. The van der Waals surface area contributed by atoms with E-state index >= 15 is 0 Å². The molecule has 1 saturated heterocycles. The van der Waals surface area contributed by atoms with Gasteiger partial charge in [-0.2, -0.15) is 0 Å². The van der Waals surface area contributed by atoms with Crippen molar-refractivity contribution in [3.05, 3.63) is 59.7 Å². The summed E-state index contributed by atoms with van der Waals surface area (Å²) < 4.78 is 0. The van der Waals surface area contributed by atoms with Crippen molar-refractivity contribution in [2.45, 2.75) is 44.9 Å². The predicted octanol–water partition coefficient (Wildman–Crippen LogP) is 4.59. The van der Waals surface area contributed by atoms with E-state index < -0.39 is 0 Å². The maximum absolute atomic E-state index is 12.7. The summed E-state index contributed by atoms with van der Waals surface area (Å²) in [4.78, 5) is 17.8. The molecule has 2 aromatic carbocycles. The number of benzene rings is 2. The highest BCUT2D eigenvalue weighted by atomic mass is 16.2. The first-order chi connectivity index (χ1) is 14.1. The Bertz CT molecular complexity index is 839. The van der Waals surface area contributed by atoms with E-state index in [-0.39, 0.29) is 11.3 Å². The van der Waals surface area contributed by atoms with Gasteiger partial charge < -0.3 is 10.2 Å². The van der Waals surface area contributed by atoms with Crippen LogP contribution in [0, 0.1) is 6.92 Å². The van der Waals surface area contributed by atoms with E-state index in [0.717, 1.165) is 64.1 Å². The number of carbonyl (C=O) groups is 1. The molecule has 0 radical (unpaired) electrons. The number of piperazine rings is 1. The second-order valence-electron chi connectivity index (χ2n) is 8.56. The van der Waals surface area contributed by atoms with Crippen LogP contribution in [0.15, 0.2) is 48.5 Å². The lowest BCUT2D eigenvalue weighted by Gasteiger charge is -2.36. The van der Waals surface area contributed by atoms with E-state index in [1.807, 2.05) is 12.1 Å². The summed E-state index contributed by atoms with van der Waals surface area (Å²) in [6.45, 7) is 9.84. The number of rotatable bonds is 7. The zero-order chi connectivity index (χ0) is 20.3. The van der Waals surface area contributed by atoms with Crippen LogP contribution in [0.5, 0.6) is 0 Å². The van der Waals surface area contributed by atoms with E-state index in [1.165, 1.54) is 16.8 Å². The molecule has 29 heavy (non-hydrogen) atoms. The van der Waals surface area contributed by atoms with Crippen LogP contribution in [0.4, 0.5) is 11.4 Å². The van der Waals surface area contributed by atoms with Gasteiger partial charge in [-0.3, -0.25) is 9.69 Å². The number of anilines is 2. The summed E-state index contributed by atoms with van der Waals surface area (Å²) in [5, 5.41) is 3.10. The first kappa shape index (κ1) is 20.0. The van der Waals surface area contributed by atoms with E-state index in [0.29, 0.717) is 0 Å². The topological polar surface area (TPSA) is 35.6 Å². The Morgan fingerprint density at radius 1 is 0.966 bits per heavy atom. The molecule has 2 aliphatic rings. The van der Waals surface area contributed by atoms with Gasteiger partial charge in [0, 0.05) is 37.6 Å². The van der Waals surface area contributed by atoms with Crippen LogP contribution in [0.25, 0.3) is 0 Å². The van der Waals surface area contributed by atoms with E-state index in [1.54, 1.807) is 0 Å². The van der Waals surface area contributed by atoms with Crippen molar-refractivity contribution in [1.29, 1.82) is 0 Å². The third-order valence-corrected chi connectivity index (χ3v) is 6.83. The zero-order valence-corrected chi connectivity index (χ0v) is 17.8. The molecule has 1 unspecified atom stereocenters. The molecule has 1 amide bonds. The number of hydrogen-bond donors (Lipinski definition) is 1. The predicted molar refractivity (Wildman–Crippen MR) is 121 cm³/mol. The van der Waals surface area contributed by atoms with Gasteiger partial charge in [0.05, 0.1) is 5.41 Å². The van der Waals surface area contributed by atoms with Crippen LogP contribution < -0.4 is 10.2 Å². The van der Waals surface area contributed by atoms with Gasteiger partial charge in [-0.1, -0.05) is 49.2 Å². The van der Waals surface area contributed by atoms with Crippen molar-refractivity contribution >= 4 is 17.3 Å². The van der Waals surface area contributed by atoms with Crippen LogP contribution in [0.2, 0.25) is 0 Å². The van der Waals surface area contributed by atoms with Gasteiger partial charge in [0.25, 0.3) is 0 Å². The molecule has 154 valence electrons. The number of para-hydroxylation sites is 1. The number of nitrogens with one attached hydrogen (secondary N) is 1. The average Bonchev–Trinajstić information content (AvgIpc) is 3.04. The standard InChI is InChI=1S/C25H33N3O/c1-3-25(22-8-4-5-9-23(22)26-24(25)29)14-6-7-15-27-16-18-28(19-17-27)21-12-10-20(2)11-13-21/h4-5,8-13H,3,6-7,14-19H2,1-2H3,(H,26,29). The summed E-state index contributed by atoms with van der Waals surface area (Å²) >= 11 is 0. The Morgan fingerprint density at radius 3 is 2.41 bits per heavy atom. The van der Waals surface area contributed by atoms with Crippen molar-refractivity contribution in [2.24, 2.45) is 0 Å². The number of carbonyl (C=O) groups excluding carboxylic acids is 1. The van der Waals surface area contributed by atoms with E-state index in [2.05, 4.69) is 65.4 Å². The van der Waals surface area contributed by atoms with Gasteiger partial charge in [-0.25, -0.2) is 0 Å². The summed E-state index contributed by atoms with van der Waals surface area (Å²) in [7, 11) is 0. The monoisotopic (exact) mass is 391 g/mol. The van der Waals surface area contributed by atoms with Crippen LogP contribution in [-0.4, -0.2) is 43.5 Å². The number of nitrogens with zero attached hydrogens (tertiary/aromatic N) is 2. The van der Waals surface area contributed by atoms with Crippen molar-refractivity contribution in [3.8, 4) is 0 Å². The SMILES string of the molecule is CCC1(CCCCN2CCN(c3ccc(C)cc3)CC2)C(=O)Nc2ccccc21. The van der Waals surface area contributed by atoms with Crippen LogP contribution in [0.1, 0.15) is 43.7 Å². The quantitative estimate of drug-likeness (QED) is 0.702. The van der Waals surface area contributed by atoms with Crippen molar-refractivity contribution in [2.75, 3.05) is 42.9 Å². The molecule has 0 saturated carbocycles. The van der Waals surface area contributed by atoms with Crippen molar-refractivity contribution < 1.29 is 4.79 Å². The average molecular weight is 392 g/mol. The maximum atomic E-state index is 12.7. The molecule has 4 rings (SSSR count). The Balaban J connectivity index is 1.25. The first-order valence-corrected chi connectivity index (χ1v) is 11.1. The molecular weight excluding hydrogens is 358 g/mol. The zero-order valence-electron chi connectivity index (χ0n) is 17.8. The fourth-order valence-corrected chi connectivity index (χ4v) is 4.90. The normalized spacial score (nSPS) is 21.9. The number of hydrogen-bond acceptors (Lipinski definition) is 3. The van der Waals surface area contributed by atoms with Gasteiger partial charge in [0.15, 0.2) is 0 Å². The highest BCUT2D eigenvalue weighted by Gasteiger charge is 2.44. The number of fused-ring (bicyclic) bond motifs is 1. The third kappa shape index (κ3) is 4.04. The smallest absolute Gasteiger partial charge is 0.235 e. The molecular formula is C25H33N3O. The number of amides is 1. The van der Waals surface area contributed by atoms with Gasteiger partial charge in [-0.05, 0) is 56.5 Å². The largest absolute Gasteiger partial charge is 0.369 e. The molecule has 1 atom stereocenters. The van der Waals surface area contributed by atoms with Gasteiger partial charge in [0.1, 0.15) is 0 Å². The Hall–Kier alpha value is -2.33. The molecule has 2 heterocycles. The number of aryl methyl sites for hydroxylation is 1. The molecule has 0 spiro atoms. The lowest BCUT2D eigenvalue weighted by Crippen LogP contribution is -2.46. The second-order valence-corrected chi connectivity index (χ2v) is 8.56.